The summed E-state index contributed by atoms with van der Waals surface area (Å²) in [7, 11) is 1.62. The molecule has 32 heavy (non-hydrogen) atoms. The largest absolute Gasteiger partial charge is 0.493 e. The van der Waals surface area contributed by atoms with E-state index in [9.17, 15) is 4.79 Å². The maximum absolute atomic E-state index is 12.4. The molecule has 1 fully saturated rings. The minimum Gasteiger partial charge on any atom is -0.493 e. The van der Waals surface area contributed by atoms with Gasteiger partial charge in [-0.2, -0.15) is 5.10 Å². The molecule has 0 radical (unpaired) electrons. The second kappa shape index (κ2) is 10.6. The fourth-order valence-electron chi connectivity index (χ4n) is 3.49. The first kappa shape index (κ1) is 21.5. The highest BCUT2D eigenvalue weighted by Gasteiger charge is 2.30. The molecule has 0 bridgehead atoms. The molecule has 4 rings (SSSR count). The van der Waals surface area contributed by atoms with E-state index in [4.69, 9.17) is 9.47 Å². The van der Waals surface area contributed by atoms with Crippen LogP contribution in [0.1, 0.15) is 29.2 Å². The highest BCUT2D eigenvalue weighted by Crippen LogP contribution is 2.33. The van der Waals surface area contributed by atoms with Crippen molar-refractivity contribution in [1.29, 1.82) is 0 Å². The van der Waals surface area contributed by atoms with Gasteiger partial charge in [0.25, 0.3) is 5.91 Å². The van der Waals surface area contributed by atoms with E-state index in [1.54, 1.807) is 13.3 Å². The Hall–Kier alpha value is -3.68. The van der Waals surface area contributed by atoms with Crippen molar-refractivity contribution in [3.8, 4) is 11.5 Å². The number of amides is 1. The van der Waals surface area contributed by atoms with Crippen molar-refractivity contribution in [2.24, 2.45) is 5.10 Å². The number of carbonyl (C=O) groups is 1. The van der Waals surface area contributed by atoms with Gasteiger partial charge in [0.15, 0.2) is 11.5 Å². The quantitative estimate of drug-likeness (QED) is 0.377. The number of nitrogens with one attached hydrogen (secondary N) is 3. The lowest BCUT2D eigenvalue weighted by Crippen LogP contribution is -2.41. The van der Waals surface area contributed by atoms with Crippen molar-refractivity contribution < 1.29 is 14.3 Å². The Bertz CT molecular complexity index is 1060. The smallest absolute Gasteiger partial charge is 0.258 e. The number of benzene rings is 3. The first-order valence-corrected chi connectivity index (χ1v) is 10.5. The van der Waals surface area contributed by atoms with Crippen LogP contribution in [0.2, 0.25) is 0 Å². The zero-order chi connectivity index (χ0) is 22.2. The number of rotatable bonds is 8. The van der Waals surface area contributed by atoms with Crippen molar-refractivity contribution in [2.45, 2.75) is 25.1 Å². The van der Waals surface area contributed by atoms with Crippen LogP contribution in [0.15, 0.2) is 84.0 Å². The summed E-state index contributed by atoms with van der Waals surface area (Å²) in [6.45, 7) is 0.464. The standard InChI is InChI=1S/C25H26N4O3/c1-31-24-14-20(12-13-23(24)32-17-19-10-6-3-7-11-19)21-15-22(28-27-21)25(30)29-26-16-18-8-4-2-5-9-18/h2-14,16,21-22,27-28H,15,17H2,1H3,(H,29,30)/b26-16+. The van der Waals surface area contributed by atoms with E-state index in [1.165, 1.54) is 0 Å². The molecule has 1 heterocycles. The molecule has 0 aromatic heterocycles. The van der Waals surface area contributed by atoms with E-state index < -0.39 is 6.04 Å². The third-order valence-electron chi connectivity index (χ3n) is 5.23. The molecule has 2 unspecified atom stereocenters. The van der Waals surface area contributed by atoms with Crippen LogP contribution in [-0.4, -0.2) is 25.3 Å². The highest BCUT2D eigenvalue weighted by atomic mass is 16.5. The van der Waals surface area contributed by atoms with Crippen LogP contribution in [0.4, 0.5) is 0 Å². The normalized spacial score (nSPS) is 17.9. The van der Waals surface area contributed by atoms with Crippen LogP contribution in [-0.2, 0) is 11.4 Å². The summed E-state index contributed by atoms with van der Waals surface area (Å²) >= 11 is 0. The first-order valence-electron chi connectivity index (χ1n) is 10.5. The van der Waals surface area contributed by atoms with E-state index in [1.807, 2.05) is 78.9 Å². The summed E-state index contributed by atoms with van der Waals surface area (Å²) in [4.78, 5) is 12.4. The number of ether oxygens (including phenoxy) is 2. The summed E-state index contributed by atoms with van der Waals surface area (Å²) < 4.78 is 11.5. The fourth-order valence-corrected chi connectivity index (χ4v) is 3.49. The molecule has 3 N–H and O–H groups in total. The van der Waals surface area contributed by atoms with E-state index in [2.05, 4.69) is 21.4 Å². The Morgan fingerprint density at radius 3 is 2.53 bits per heavy atom. The van der Waals surface area contributed by atoms with Crippen molar-refractivity contribution in [3.05, 3.63) is 95.6 Å². The van der Waals surface area contributed by atoms with Crippen molar-refractivity contribution in [1.82, 2.24) is 16.3 Å². The van der Waals surface area contributed by atoms with Crippen molar-refractivity contribution in [2.75, 3.05) is 7.11 Å². The Labute approximate surface area is 187 Å². The third-order valence-corrected chi connectivity index (χ3v) is 5.23. The summed E-state index contributed by atoms with van der Waals surface area (Å²) in [6.07, 6.45) is 2.21. The average molecular weight is 431 g/mol. The minimum atomic E-state index is -0.395. The van der Waals surface area contributed by atoms with E-state index in [0.29, 0.717) is 24.5 Å². The van der Waals surface area contributed by atoms with Gasteiger partial charge >= 0.3 is 0 Å². The molecule has 1 saturated heterocycles. The number of hydrazone groups is 1. The zero-order valence-corrected chi connectivity index (χ0v) is 17.8. The van der Waals surface area contributed by atoms with Gasteiger partial charge in [-0.1, -0.05) is 66.7 Å². The van der Waals surface area contributed by atoms with Gasteiger partial charge in [-0.25, -0.2) is 16.3 Å². The molecular formula is C25H26N4O3. The predicted molar refractivity (Wildman–Crippen MR) is 123 cm³/mol. The lowest BCUT2D eigenvalue weighted by Gasteiger charge is -2.15. The molecule has 0 spiro atoms. The Morgan fingerprint density at radius 2 is 1.78 bits per heavy atom. The summed E-state index contributed by atoms with van der Waals surface area (Å²) in [5.41, 5.74) is 11.8. The Kier molecular flexibility index (Phi) is 7.12. The second-order valence-corrected chi connectivity index (χ2v) is 7.46. The van der Waals surface area contributed by atoms with Gasteiger partial charge in [0.2, 0.25) is 0 Å². The van der Waals surface area contributed by atoms with Crippen LogP contribution in [0.5, 0.6) is 11.5 Å². The van der Waals surface area contributed by atoms with Gasteiger partial charge in [0.05, 0.1) is 13.3 Å². The average Bonchev–Trinajstić information content (AvgIpc) is 3.34. The fraction of sp³-hybridized carbons (Fsp3) is 0.200. The third kappa shape index (κ3) is 5.51. The van der Waals surface area contributed by atoms with Gasteiger partial charge in [0, 0.05) is 6.04 Å². The number of hydrogen-bond acceptors (Lipinski definition) is 6. The molecule has 0 aliphatic carbocycles. The summed E-state index contributed by atoms with van der Waals surface area (Å²) in [6, 6.07) is 25.0. The van der Waals surface area contributed by atoms with Gasteiger partial charge in [-0.3, -0.25) is 4.79 Å². The van der Waals surface area contributed by atoms with Crippen molar-refractivity contribution >= 4 is 12.1 Å². The van der Waals surface area contributed by atoms with Crippen molar-refractivity contribution in [3.63, 3.8) is 0 Å². The van der Waals surface area contributed by atoms with Gasteiger partial charge < -0.3 is 9.47 Å². The molecular weight excluding hydrogens is 404 g/mol. The van der Waals surface area contributed by atoms with Crippen LogP contribution in [0.25, 0.3) is 0 Å². The molecule has 1 aliphatic heterocycles. The number of hydrazine groups is 1. The lowest BCUT2D eigenvalue weighted by molar-refractivity contribution is -0.122. The maximum atomic E-state index is 12.4. The van der Waals surface area contributed by atoms with Crippen LogP contribution in [0, 0.1) is 0 Å². The number of carbonyl (C=O) groups excluding carboxylic acids is 1. The first-order chi connectivity index (χ1) is 15.7. The lowest BCUT2D eigenvalue weighted by atomic mass is 10.0. The monoisotopic (exact) mass is 430 g/mol. The molecule has 7 nitrogen and oxygen atoms in total. The minimum absolute atomic E-state index is 0.0408. The second-order valence-electron chi connectivity index (χ2n) is 7.46. The van der Waals surface area contributed by atoms with Crippen LogP contribution in [0.3, 0.4) is 0 Å². The molecule has 3 aromatic carbocycles. The molecule has 164 valence electrons. The van der Waals surface area contributed by atoms with E-state index >= 15 is 0 Å². The zero-order valence-electron chi connectivity index (χ0n) is 17.8. The van der Waals surface area contributed by atoms with Gasteiger partial charge in [0.1, 0.15) is 12.6 Å². The van der Waals surface area contributed by atoms with Gasteiger partial charge in [-0.15, -0.1) is 0 Å². The number of nitrogens with zero attached hydrogens (tertiary/aromatic N) is 1. The van der Waals surface area contributed by atoms with E-state index in [0.717, 1.165) is 16.7 Å². The molecule has 1 aliphatic rings. The number of hydrogen-bond donors (Lipinski definition) is 3. The molecule has 0 saturated carbocycles. The molecule has 1 amide bonds. The van der Waals surface area contributed by atoms with Crippen LogP contribution >= 0.6 is 0 Å². The maximum Gasteiger partial charge on any atom is 0.258 e. The van der Waals surface area contributed by atoms with E-state index in [-0.39, 0.29) is 11.9 Å². The molecule has 3 aromatic rings. The Balaban J connectivity index is 1.33. The Morgan fingerprint density at radius 1 is 1.03 bits per heavy atom. The summed E-state index contributed by atoms with van der Waals surface area (Å²) in [5, 5.41) is 4.04. The predicted octanol–water partition coefficient (Wildman–Crippen LogP) is 3.33. The highest BCUT2D eigenvalue weighted by molar-refractivity contribution is 5.85. The molecule has 2 atom stereocenters. The SMILES string of the molecule is COc1cc(C2CC(C(=O)N/N=C/c3ccccc3)NN2)ccc1OCc1ccccc1. The molecule has 7 heteroatoms. The topological polar surface area (TPSA) is 84.0 Å². The summed E-state index contributed by atoms with van der Waals surface area (Å²) in [5.74, 6) is 1.14. The number of methoxy groups -OCH3 is 1. The van der Waals surface area contributed by atoms with Gasteiger partial charge in [-0.05, 0) is 35.2 Å². The van der Waals surface area contributed by atoms with Crippen LogP contribution < -0.4 is 25.8 Å².